The van der Waals surface area contributed by atoms with E-state index < -0.39 is 0 Å². The fourth-order valence-corrected chi connectivity index (χ4v) is 5.38. The van der Waals surface area contributed by atoms with Crippen LogP contribution in [0.5, 0.6) is 5.75 Å². The van der Waals surface area contributed by atoms with E-state index in [-0.39, 0.29) is 28.5 Å². The second-order valence-corrected chi connectivity index (χ2v) is 10.9. The van der Waals surface area contributed by atoms with Gasteiger partial charge in [0.25, 0.3) is 0 Å². The zero-order valence-corrected chi connectivity index (χ0v) is 24.4. The third-order valence-electron chi connectivity index (χ3n) is 7.64. The molecule has 2 saturated heterocycles. The molecular formula is C30H34ClN7O4. The summed E-state index contributed by atoms with van der Waals surface area (Å²) in [4.78, 5) is 45.7. The van der Waals surface area contributed by atoms with Crippen LogP contribution < -0.4 is 10.2 Å². The third kappa shape index (κ3) is 6.97. The van der Waals surface area contributed by atoms with Crippen molar-refractivity contribution in [2.24, 2.45) is 11.1 Å². The third-order valence-corrected chi connectivity index (χ3v) is 7.94. The Bertz CT molecular complexity index is 1440. The molecule has 0 spiro atoms. The molecule has 2 aromatic carbocycles. The van der Waals surface area contributed by atoms with Gasteiger partial charge in [-0.1, -0.05) is 16.8 Å². The van der Waals surface area contributed by atoms with Crippen LogP contribution in [-0.2, 0) is 14.4 Å². The minimum Gasteiger partial charge on any atom is -0.506 e. The van der Waals surface area contributed by atoms with Crippen LogP contribution in [0.25, 0.3) is 11.4 Å². The Morgan fingerprint density at radius 3 is 2.45 bits per heavy atom. The molecule has 5 rings (SSSR count). The number of phenols is 1. The first-order chi connectivity index (χ1) is 20.3. The Morgan fingerprint density at radius 1 is 1.07 bits per heavy atom. The zero-order chi connectivity index (χ0) is 29.6. The van der Waals surface area contributed by atoms with Gasteiger partial charge in [-0.3, -0.25) is 14.5 Å². The molecule has 0 aliphatic carbocycles. The predicted molar refractivity (Wildman–Crippen MR) is 162 cm³/mol. The summed E-state index contributed by atoms with van der Waals surface area (Å²) in [7, 11) is 1.50. The number of nitrogens with one attached hydrogen (secondary N) is 1. The van der Waals surface area contributed by atoms with E-state index in [1.165, 1.54) is 19.2 Å². The number of aromatic hydroxyl groups is 1. The number of carbonyl (C=O) groups excluding carboxylic acids is 2. The molecule has 12 heteroatoms. The van der Waals surface area contributed by atoms with Gasteiger partial charge in [0, 0.05) is 67.6 Å². The van der Waals surface area contributed by atoms with Crippen molar-refractivity contribution in [3.8, 4) is 17.1 Å². The highest BCUT2D eigenvalue weighted by Gasteiger charge is 2.31. The number of likely N-dealkylation sites (tertiary alicyclic amines) is 1. The van der Waals surface area contributed by atoms with E-state index in [1.54, 1.807) is 18.5 Å². The topological polar surface area (TPSA) is 123 Å². The smallest absolute Gasteiger partial charge is 0.236 e. The lowest BCUT2D eigenvalue weighted by molar-refractivity contribution is -0.132. The summed E-state index contributed by atoms with van der Waals surface area (Å²) in [6.45, 7) is 6.15. The molecule has 11 nitrogen and oxygen atoms in total. The number of carbonyl (C=O) groups is 2. The van der Waals surface area contributed by atoms with Crippen molar-refractivity contribution >= 4 is 40.5 Å². The Morgan fingerprint density at radius 2 is 1.79 bits per heavy atom. The molecule has 2 aliphatic rings. The number of nitrogens with zero attached hydrogens (tertiary/aromatic N) is 6. The highest BCUT2D eigenvalue weighted by atomic mass is 35.5. The quantitative estimate of drug-likeness (QED) is 0.232. The molecule has 42 heavy (non-hydrogen) atoms. The van der Waals surface area contributed by atoms with Crippen molar-refractivity contribution in [2.45, 2.75) is 13.3 Å². The predicted octanol–water partition coefficient (Wildman–Crippen LogP) is 3.48. The molecule has 0 unspecified atom stereocenters. The van der Waals surface area contributed by atoms with Crippen LogP contribution in [0, 0.1) is 5.92 Å². The van der Waals surface area contributed by atoms with Crippen LogP contribution >= 0.6 is 11.6 Å². The van der Waals surface area contributed by atoms with Crippen LogP contribution in [-0.4, -0.2) is 95.3 Å². The summed E-state index contributed by atoms with van der Waals surface area (Å²) in [5.74, 6) is 0.375. The van der Waals surface area contributed by atoms with Gasteiger partial charge in [0.05, 0.1) is 23.2 Å². The standard InChI is InChI=1S/C30H34ClN7O4/c1-20(35-42-2)23-16-32-29(33-17-23)21-3-6-25(7-4-21)37-11-13-38(14-12-37)28(40)19-36-10-9-22(18-36)30(41)34-24-5-8-27(39)26(31)15-24/h3-8,15-17,22,39H,9-14,18-19H2,1-2H3,(H,34,41)/b35-20+/t22-/m1/s1. The molecule has 2 N–H and O–H groups in total. The lowest BCUT2D eigenvalue weighted by Crippen LogP contribution is -2.51. The summed E-state index contributed by atoms with van der Waals surface area (Å²) in [6, 6.07) is 12.7. The summed E-state index contributed by atoms with van der Waals surface area (Å²) in [5, 5.41) is 16.5. The number of hydrogen-bond acceptors (Lipinski definition) is 9. The van der Waals surface area contributed by atoms with Crippen molar-refractivity contribution < 1.29 is 19.5 Å². The zero-order valence-electron chi connectivity index (χ0n) is 23.7. The molecule has 3 heterocycles. The highest BCUT2D eigenvalue weighted by Crippen LogP contribution is 2.27. The average Bonchev–Trinajstić information content (AvgIpc) is 3.48. The molecule has 0 saturated carbocycles. The number of oxime groups is 1. The monoisotopic (exact) mass is 591 g/mol. The molecule has 3 aromatic rings. The molecule has 2 amide bonds. The maximum absolute atomic E-state index is 13.0. The fraction of sp³-hybridized carbons (Fsp3) is 0.367. The molecule has 1 atom stereocenters. The Balaban J connectivity index is 1.07. The number of piperazine rings is 1. The average molecular weight is 592 g/mol. The van der Waals surface area contributed by atoms with Gasteiger partial charge >= 0.3 is 0 Å². The number of anilines is 2. The van der Waals surface area contributed by atoms with Crippen LogP contribution in [0.2, 0.25) is 5.02 Å². The molecule has 220 valence electrons. The molecule has 0 radical (unpaired) electrons. The SMILES string of the molecule is CO/N=C(\C)c1cnc(-c2ccc(N3CCN(C(=O)CN4CC[C@@H](C(=O)Nc5ccc(O)c(Cl)c5)C4)CC3)cc2)nc1. The summed E-state index contributed by atoms with van der Waals surface area (Å²) in [5.41, 5.74) is 4.06. The van der Waals surface area contributed by atoms with E-state index in [4.69, 9.17) is 16.4 Å². The summed E-state index contributed by atoms with van der Waals surface area (Å²) in [6.07, 6.45) is 4.15. The van der Waals surface area contributed by atoms with Gasteiger partial charge in [-0.05, 0) is 62.4 Å². The lowest BCUT2D eigenvalue weighted by Gasteiger charge is -2.36. The summed E-state index contributed by atoms with van der Waals surface area (Å²) < 4.78 is 0. The van der Waals surface area contributed by atoms with Gasteiger partial charge in [0.2, 0.25) is 11.8 Å². The van der Waals surface area contributed by atoms with E-state index in [0.717, 1.165) is 29.9 Å². The van der Waals surface area contributed by atoms with Crippen LogP contribution in [0.15, 0.2) is 60.0 Å². The Labute approximate surface area is 249 Å². The second kappa shape index (κ2) is 13.2. The highest BCUT2D eigenvalue weighted by molar-refractivity contribution is 6.32. The van der Waals surface area contributed by atoms with E-state index in [1.807, 2.05) is 28.9 Å². The number of benzene rings is 2. The minimum absolute atomic E-state index is 0.0310. The lowest BCUT2D eigenvalue weighted by atomic mass is 10.1. The number of halogens is 1. The first kappa shape index (κ1) is 29.3. The first-order valence-electron chi connectivity index (χ1n) is 13.9. The maximum Gasteiger partial charge on any atom is 0.236 e. The Hall–Kier alpha value is -4.22. The summed E-state index contributed by atoms with van der Waals surface area (Å²) >= 11 is 5.94. The molecule has 1 aromatic heterocycles. The van der Waals surface area contributed by atoms with Gasteiger partial charge < -0.3 is 25.1 Å². The van der Waals surface area contributed by atoms with Crippen LogP contribution in [0.3, 0.4) is 0 Å². The van der Waals surface area contributed by atoms with Gasteiger partial charge in [-0.15, -0.1) is 0 Å². The van der Waals surface area contributed by atoms with E-state index in [9.17, 15) is 14.7 Å². The van der Waals surface area contributed by atoms with Gasteiger partial charge in [-0.25, -0.2) is 9.97 Å². The molecule has 0 bridgehead atoms. The van der Waals surface area contributed by atoms with Crippen molar-refractivity contribution in [1.82, 2.24) is 19.8 Å². The van der Waals surface area contributed by atoms with E-state index >= 15 is 0 Å². The molecule has 2 aliphatic heterocycles. The van der Waals surface area contributed by atoms with Gasteiger partial charge in [0.1, 0.15) is 12.9 Å². The van der Waals surface area contributed by atoms with Crippen LogP contribution in [0.4, 0.5) is 11.4 Å². The van der Waals surface area contributed by atoms with Crippen molar-refractivity contribution in [2.75, 3.05) is 63.1 Å². The van der Waals surface area contributed by atoms with Gasteiger partial charge in [-0.2, -0.15) is 0 Å². The number of aromatic nitrogens is 2. The van der Waals surface area contributed by atoms with E-state index in [2.05, 4.69) is 37.5 Å². The van der Waals surface area contributed by atoms with Crippen LogP contribution in [0.1, 0.15) is 18.9 Å². The first-order valence-corrected chi connectivity index (χ1v) is 14.2. The van der Waals surface area contributed by atoms with Crippen molar-refractivity contribution in [3.05, 3.63) is 65.4 Å². The second-order valence-electron chi connectivity index (χ2n) is 10.4. The van der Waals surface area contributed by atoms with E-state index in [0.29, 0.717) is 56.4 Å². The normalized spacial score (nSPS) is 17.8. The molecular weight excluding hydrogens is 558 g/mol. The number of rotatable bonds is 8. The van der Waals surface area contributed by atoms with Crippen molar-refractivity contribution in [1.29, 1.82) is 0 Å². The maximum atomic E-state index is 13.0. The number of amides is 2. The van der Waals surface area contributed by atoms with Crippen molar-refractivity contribution in [3.63, 3.8) is 0 Å². The fourth-order valence-electron chi connectivity index (χ4n) is 5.20. The van der Waals surface area contributed by atoms with Gasteiger partial charge in [0.15, 0.2) is 5.82 Å². The Kier molecular flexibility index (Phi) is 9.19. The number of phenolic OH excluding ortho intramolecular Hbond substituents is 1. The number of hydrogen-bond donors (Lipinski definition) is 2. The minimum atomic E-state index is -0.206. The largest absolute Gasteiger partial charge is 0.506 e. The molecule has 2 fully saturated rings.